The fourth-order valence-electron chi connectivity index (χ4n) is 2.92. The molecule has 0 atom stereocenters. The van der Waals surface area contributed by atoms with Gasteiger partial charge in [-0.2, -0.15) is 0 Å². The molecule has 34 heavy (non-hydrogen) atoms. The number of carbonyl (C=O) groups is 1. The highest BCUT2D eigenvalue weighted by atomic mass is 32.2. The lowest BCUT2D eigenvalue weighted by Gasteiger charge is -2.22. The minimum absolute atomic E-state index is 0.178. The van der Waals surface area contributed by atoms with Crippen LogP contribution in [0.2, 0.25) is 0 Å². The van der Waals surface area contributed by atoms with Crippen molar-refractivity contribution in [3.05, 3.63) is 84.4 Å². The van der Waals surface area contributed by atoms with Gasteiger partial charge in [-0.1, -0.05) is 30.3 Å². The Labute approximate surface area is 194 Å². The van der Waals surface area contributed by atoms with E-state index in [0.29, 0.717) is 12.4 Å². The summed E-state index contributed by atoms with van der Waals surface area (Å²) < 4.78 is 71.7. The van der Waals surface area contributed by atoms with Gasteiger partial charge < -0.3 is 14.8 Å². The monoisotopic (exact) mass is 494 g/mol. The minimum Gasteiger partial charge on any atom is -0.489 e. The van der Waals surface area contributed by atoms with Crippen molar-refractivity contribution in [1.82, 2.24) is 0 Å². The van der Waals surface area contributed by atoms with Crippen LogP contribution in [-0.4, -0.2) is 33.5 Å². The number of anilines is 2. The highest BCUT2D eigenvalue weighted by Crippen LogP contribution is 2.25. The molecule has 0 aromatic heterocycles. The summed E-state index contributed by atoms with van der Waals surface area (Å²) in [6.07, 6.45) is -3.87. The van der Waals surface area contributed by atoms with Crippen molar-refractivity contribution in [1.29, 1.82) is 0 Å². The normalized spacial score (nSPS) is 11.5. The molecule has 7 nitrogen and oxygen atoms in total. The number of hydrogen-bond donors (Lipinski definition) is 1. The van der Waals surface area contributed by atoms with E-state index in [1.54, 1.807) is 12.1 Å². The van der Waals surface area contributed by atoms with Gasteiger partial charge in [0.05, 0.1) is 11.9 Å². The quantitative estimate of drug-likeness (QED) is 0.471. The maximum atomic E-state index is 12.4. The van der Waals surface area contributed by atoms with E-state index in [4.69, 9.17) is 4.74 Å². The Morgan fingerprint density at radius 2 is 1.50 bits per heavy atom. The lowest BCUT2D eigenvalue weighted by Crippen LogP contribution is -2.37. The Bertz CT molecular complexity index is 1200. The van der Waals surface area contributed by atoms with E-state index < -0.39 is 34.6 Å². The second-order valence-electron chi connectivity index (χ2n) is 7.16. The average molecular weight is 494 g/mol. The number of ether oxygens (including phenoxy) is 2. The van der Waals surface area contributed by atoms with Gasteiger partial charge >= 0.3 is 6.36 Å². The molecule has 0 heterocycles. The Morgan fingerprint density at radius 3 is 2.06 bits per heavy atom. The molecule has 0 unspecified atom stereocenters. The molecule has 0 aliphatic carbocycles. The number of hydrogen-bond acceptors (Lipinski definition) is 5. The summed E-state index contributed by atoms with van der Waals surface area (Å²) >= 11 is 0. The molecule has 0 bridgehead atoms. The fourth-order valence-corrected chi connectivity index (χ4v) is 3.78. The number of carbonyl (C=O) groups excluding carboxylic acids is 1. The second-order valence-corrected chi connectivity index (χ2v) is 9.06. The van der Waals surface area contributed by atoms with Crippen LogP contribution in [-0.2, 0) is 21.4 Å². The molecule has 0 radical (unpaired) electrons. The molecule has 3 aromatic carbocycles. The van der Waals surface area contributed by atoms with Crippen molar-refractivity contribution in [2.24, 2.45) is 0 Å². The first-order valence-electron chi connectivity index (χ1n) is 9.90. The number of halogens is 3. The molecule has 0 spiro atoms. The van der Waals surface area contributed by atoms with Crippen LogP contribution in [0.1, 0.15) is 5.56 Å². The van der Waals surface area contributed by atoms with Gasteiger partial charge in [0.25, 0.3) is 0 Å². The van der Waals surface area contributed by atoms with Crippen molar-refractivity contribution in [3.8, 4) is 11.5 Å². The zero-order chi connectivity index (χ0) is 24.8. The Hall–Kier alpha value is -3.73. The third-order valence-corrected chi connectivity index (χ3v) is 5.57. The lowest BCUT2D eigenvalue weighted by molar-refractivity contribution is -0.274. The number of amides is 1. The van der Waals surface area contributed by atoms with Crippen LogP contribution in [0.4, 0.5) is 24.5 Å². The van der Waals surface area contributed by atoms with Gasteiger partial charge in [-0.25, -0.2) is 8.42 Å². The summed E-state index contributed by atoms with van der Waals surface area (Å²) in [6.45, 7) is -0.199. The summed E-state index contributed by atoms with van der Waals surface area (Å²) in [4.78, 5) is 12.4. The molecule has 3 aromatic rings. The van der Waals surface area contributed by atoms with Crippen molar-refractivity contribution in [3.63, 3.8) is 0 Å². The zero-order valence-corrected chi connectivity index (χ0v) is 18.8. The van der Waals surface area contributed by atoms with Crippen LogP contribution in [0.25, 0.3) is 0 Å². The molecule has 1 amide bonds. The summed E-state index contributed by atoms with van der Waals surface area (Å²) in [5, 5.41) is 2.45. The van der Waals surface area contributed by atoms with Gasteiger partial charge in [0.2, 0.25) is 15.9 Å². The van der Waals surface area contributed by atoms with Crippen LogP contribution in [0.5, 0.6) is 11.5 Å². The highest BCUT2D eigenvalue weighted by molar-refractivity contribution is 7.92. The van der Waals surface area contributed by atoms with Crippen LogP contribution in [0.3, 0.4) is 0 Å². The van der Waals surface area contributed by atoms with E-state index in [-0.39, 0.29) is 11.4 Å². The van der Waals surface area contributed by atoms with Gasteiger partial charge in [-0.05, 0) is 54.1 Å². The maximum absolute atomic E-state index is 12.4. The lowest BCUT2D eigenvalue weighted by atomic mass is 10.2. The molecule has 0 aliphatic heterocycles. The maximum Gasteiger partial charge on any atom is 0.573 e. The van der Waals surface area contributed by atoms with Gasteiger partial charge in [0.1, 0.15) is 24.7 Å². The summed E-state index contributed by atoms with van der Waals surface area (Å²) in [6, 6.07) is 20.2. The molecule has 180 valence electrons. The van der Waals surface area contributed by atoms with Gasteiger partial charge in [0, 0.05) is 5.69 Å². The van der Waals surface area contributed by atoms with Crippen LogP contribution in [0, 0.1) is 0 Å². The number of nitrogens with zero attached hydrogens (tertiary/aromatic N) is 1. The zero-order valence-electron chi connectivity index (χ0n) is 18.0. The van der Waals surface area contributed by atoms with Gasteiger partial charge in [-0.15, -0.1) is 13.2 Å². The first-order valence-corrected chi connectivity index (χ1v) is 11.7. The molecule has 3 rings (SSSR count). The summed E-state index contributed by atoms with van der Waals surface area (Å²) in [5.74, 6) is -0.608. The molecule has 11 heteroatoms. The standard InChI is InChI=1S/C23H21F3N2O5S/c1-34(30,31)28(15-22(29)27-18-7-11-21(12-8-18)33-23(24,25)26)19-9-13-20(14-10-19)32-16-17-5-3-2-4-6-17/h2-14H,15-16H2,1H3,(H,27,29). The molecular weight excluding hydrogens is 473 g/mol. The average Bonchev–Trinajstić information content (AvgIpc) is 2.77. The van der Waals surface area contributed by atoms with E-state index in [0.717, 1.165) is 28.3 Å². The first-order chi connectivity index (χ1) is 16.0. The second kappa shape index (κ2) is 10.5. The van der Waals surface area contributed by atoms with Crippen LogP contribution < -0.4 is 19.1 Å². The Morgan fingerprint density at radius 1 is 0.912 bits per heavy atom. The van der Waals surface area contributed by atoms with E-state index in [9.17, 15) is 26.4 Å². The fraction of sp³-hybridized carbons (Fsp3) is 0.174. The third kappa shape index (κ3) is 7.69. The van der Waals surface area contributed by atoms with Crippen molar-refractivity contribution in [2.45, 2.75) is 13.0 Å². The summed E-state index contributed by atoms with van der Waals surface area (Å²) in [7, 11) is -3.81. The Balaban J connectivity index is 1.63. The van der Waals surface area contributed by atoms with Crippen molar-refractivity contribution in [2.75, 3.05) is 22.4 Å². The smallest absolute Gasteiger partial charge is 0.489 e. The largest absolute Gasteiger partial charge is 0.573 e. The Kier molecular flexibility index (Phi) is 7.67. The number of nitrogens with one attached hydrogen (secondary N) is 1. The van der Waals surface area contributed by atoms with E-state index in [2.05, 4.69) is 10.1 Å². The molecule has 0 saturated carbocycles. The number of sulfonamides is 1. The third-order valence-electron chi connectivity index (χ3n) is 4.43. The predicted molar refractivity (Wildman–Crippen MR) is 121 cm³/mol. The number of rotatable bonds is 9. The van der Waals surface area contributed by atoms with Crippen LogP contribution >= 0.6 is 0 Å². The number of benzene rings is 3. The highest BCUT2D eigenvalue weighted by Gasteiger charge is 2.31. The van der Waals surface area contributed by atoms with Gasteiger partial charge in [0.15, 0.2) is 0 Å². The van der Waals surface area contributed by atoms with Gasteiger partial charge in [-0.3, -0.25) is 9.10 Å². The van der Waals surface area contributed by atoms with Crippen molar-refractivity contribution >= 4 is 27.3 Å². The topological polar surface area (TPSA) is 84.9 Å². The predicted octanol–water partition coefficient (Wildman–Crippen LogP) is 4.57. The SMILES string of the molecule is CS(=O)(=O)N(CC(=O)Nc1ccc(OC(F)(F)F)cc1)c1ccc(OCc2ccccc2)cc1. The van der Waals surface area contributed by atoms with E-state index in [1.165, 1.54) is 24.3 Å². The molecule has 1 N–H and O–H groups in total. The first kappa shape index (κ1) is 24.9. The number of alkyl halides is 3. The van der Waals surface area contributed by atoms with E-state index in [1.807, 2.05) is 30.3 Å². The van der Waals surface area contributed by atoms with Crippen molar-refractivity contribution < 1.29 is 35.9 Å². The van der Waals surface area contributed by atoms with E-state index >= 15 is 0 Å². The molecule has 0 aliphatic rings. The summed E-state index contributed by atoms with van der Waals surface area (Å²) in [5.41, 5.74) is 1.40. The molecule has 0 fully saturated rings. The minimum atomic E-state index is -4.83. The van der Waals surface area contributed by atoms with Crippen LogP contribution in [0.15, 0.2) is 78.9 Å². The molecular formula is C23H21F3N2O5S. The molecule has 0 saturated heterocycles.